The van der Waals surface area contributed by atoms with Gasteiger partial charge in [-0.2, -0.15) is 4.98 Å². The molecule has 2 fully saturated rings. The summed E-state index contributed by atoms with van der Waals surface area (Å²) in [5.74, 6) is 3.18. The lowest BCUT2D eigenvalue weighted by atomic mass is 10.1. The van der Waals surface area contributed by atoms with E-state index in [-0.39, 0.29) is 0 Å². The second-order valence-corrected chi connectivity index (χ2v) is 6.08. The summed E-state index contributed by atoms with van der Waals surface area (Å²) in [6.07, 6.45) is 6.91. The lowest BCUT2D eigenvalue weighted by Gasteiger charge is -2.11. The van der Waals surface area contributed by atoms with Crippen LogP contribution in [0.4, 0.5) is 0 Å². The van der Waals surface area contributed by atoms with Crippen molar-refractivity contribution in [3.05, 3.63) is 23.7 Å². The molecule has 2 aromatic rings. The first kappa shape index (κ1) is 13.7. The molecule has 2 heterocycles. The Morgan fingerprint density at radius 2 is 2.14 bits per heavy atom. The van der Waals surface area contributed by atoms with E-state index in [4.69, 9.17) is 14.0 Å². The monoisotopic (exact) mass is 301 g/mol. The quantitative estimate of drug-likeness (QED) is 0.783. The van der Waals surface area contributed by atoms with Crippen LogP contribution in [0.25, 0.3) is 11.5 Å². The molecule has 116 valence electrons. The number of aromatic nitrogens is 3. The molecule has 0 N–H and O–H groups in total. The van der Waals surface area contributed by atoms with Gasteiger partial charge < -0.3 is 14.0 Å². The first-order valence-electron chi connectivity index (χ1n) is 7.78. The molecule has 6 heteroatoms. The van der Waals surface area contributed by atoms with Crippen molar-refractivity contribution in [2.75, 3.05) is 13.7 Å². The van der Waals surface area contributed by atoms with Crippen molar-refractivity contribution >= 4 is 0 Å². The standard InChI is InChI=1S/C16H19N3O3/c1-20-9-15-18-16(19-22-15)13-6-14(21-8-10-2-3-10)12(7-17-13)11-4-5-11/h6-7,10-11H,2-5,8-9H2,1H3. The number of pyridine rings is 1. The highest BCUT2D eigenvalue weighted by Crippen LogP contribution is 2.45. The fourth-order valence-electron chi connectivity index (χ4n) is 2.43. The van der Waals surface area contributed by atoms with Crippen molar-refractivity contribution in [1.82, 2.24) is 15.1 Å². The third-order valence-electron chi connectivity index (χ3n) is 4.05. The van der Waals surface area contributed by atoms with Crippen LogP contribution in [0.15, 0.2) is 16.8 Å². The maximum atomic E-state index is 6.03. The van der Waals surface area contributed by atoms with Crippen LogP contribution >= 0.6 is 0 Å². The zero-order valence-electron chi connectivity index (χ0n) is 12.6. The molecular weight excluding hydrogens is 282 g/mol. The number of hydrogen-bond acceptors (Lipinski definition) is 6. The highest BCUT2D eigenvalue weighted by molar-refractivity contribution is 5.54. The number of ether oxygens (including phenoxy) is 2. The molecule has 0 atom stereocenters. The Kier molecular flexibility index (Phi) is 3.54. The highest BCUT2D eigenvalue weighted by Gasteiger charge is 2.29. The topological polar surface area (TPSA) is 70.3 Å². The van der Waals surface area contributed by atoms with Gasteiger partial charge in [0, 0.05) is 24.9 Å². The van der Waals surface area contributed by atoms with Gasteiger partial charge in [-0.3, -0.25) is 4.98 Å². The van der Waals surface area contributed by atoms with E-state index in [9.17, 15) is 0 Å². The lowest BCUT2D eigenvalue weighted by molar-refractivity contribution is 0.151. The van der Waals surface area contributed by atoms with Gasteiger partial charge in [0.2, 0.25) is 5.82 Å². The molecule has 0 radical (unpaired) electrons. The SMILES string of the molecule is COCc1nc(-c2cc(OCC3CC3)c(C3CC3)cn2)no1. The minimum atomic E-state index is 0.304. The van der Waals surface area contributed by atoms with Crippen LogP contribution in [0.5, 0.6) is 5.75 Å². The van der Waals surface area contributed by atoms with Crippen molar-refractivity contribution in [3.63, 3.8) is 0 Å². The van der Waals surface area contributed by atoms with Crippen molar-refractivity contribution in [1.29, 1.82) is 0 Å². The second kappa shape index (κ2) is 5.68. The zero-order valence-corrected chi connectivity index (χ0v) is 12.6. The first-order chi connectivity index (χ1) is 10.8. The van der Waals surface area contributed by atoms with Gasteiger partial charge in [0.25, 0.3) is 5.89 Å². The summed E-state index contributed by atoms with van der Waals surface area (Å²) in [5.41, 5.74) is 1.89. The van der Waals surface area contributed by atoms with E-state index in [1.165, 1.54) is 31.2 Å². The van der Waals surface area contributed by atoms with Crippen LogP contribution in [0.3, 0.4) is 0 Å². The van der Waals surface area contributed by atoms with E-state index in [0.29, 0.717) is 29.9 Å². The molecule has 6 nitrogen and oxygen atoms in total. The molecule has 0 aliphatic heterocycles. The minimum Gasteiger partial charge on any atom is -0.493 e. The van der Waals surface area contributed by atoms with E-state index < -0.39 is 0 Å². The van der Waals surface area contributed by atoms with Crippen LogP contribution in [-0.2, 0) is 11.3 Å². The summed E-state index contributed by atoms with van der Waals surface area (Å²) >= 11 is 0. The zero-order chi connectivity index (χ0) is 14.9. The number of hydrogen-bond donors (Lipinski definition) is 0. The van der Waals surface area contributed by atoms with E-state index in [2.05, 4.69) is 15.1 Å². The summed E-state index contributed by atoms with van der Waals surface area (Å²) in [7, 11) is 1.59. The Morgan fingerprint density at radius 1 is 1.27 bits per heavy atom. The molecule has 0 unspecified atom stereocenters. The van der Waals surface area contributed by atoms with Gasteiger partial charge in [0.1, 0.15) is 18.1 Å². The lowest BCUT2D eigenvalue weighted by Crippen LogP contribution is -2.03. The normalized spacial score (nSPS) is 17.7. The van der Waals surface area contributed by atoms with Gasteiger partial charge in [0.15, 0.2) is 0 Å². The van der Waals surface area contributed by atoms with E-state index in [0.717, 1.165) is 18.3 Å². The molecule has 2 aromatic heterocycles. The molecule has 0 spiro atoms. The number of nitrogens with zero attached hydrogens (tertiary/aromatic N) is 3. The van der Waals surface area contributed by atoms with Crippen LogP contribution < -0.4 is 4.74 Å². The van der Waals surface area contributed by atoms with Crippen LogP contribution in [-0.4, -0.2) is 28.8 Å². The third kappa shape index (κ3) is 2.97. The Bertz CT molecular complexity index is 662. The third-order valence-corrected chi connectivity index (χ3v) is 4.05. The summed E-state index contributed by atoms with van der Waals surface area (Å²) in [6.45, 7) is 1.10. The van der Waals surface area contributed by atoms with Crippen molar-refractivity contribution in [2.24, 2.45) is 5.92 Å². The van der Waals surface area contributed by atoms with E-state index >= 15 is 0 Å². The maximum Gasteiger partial charge on any atom is 0.252 e. The minimum absolute atomic E-state index is 0.304. The van der Waals surface area contributed by atoms with Crippen LogP contribution in [0.2, 0.25) is 0 Å². The number of rotatable bonds is 7. The largest absolute Gasteiger partial charge is 0.493 e. The Labute approximate surface area is 128 Å². The van der Waals surface area contributed by atoms with Crippen LogP contribution in [0, 0.1) is 5.92 Å². The predicted octanol–water partition coefficient (Wildman–Crippen LogP) is 2.94. The first-order valence-corrected chi connectivity index (χ1v) is 7.78. The Balaban J connectivity index is 1.59. The molecule has 0 aromatic carbocycles. The van der Waals surface area contributed by atoms with Gasteiger partial charge in [0.05, 0.1) is 6.61 Å². The Hall–Kier alpha value is -1.95. The van der Waals surface area contributed by atoms with E-state index in [1.807, 2.05) is 12.3 Å². The molecule has 2 aliphatic carbocycles. The molecule has 2 aliphatic rings. The molecule has 0 bridgehead atoms. The molecule has 22 heavy (non-hydrogen) atoms. The van der Waals surface area contributed by atoms with Crippen LogP contribution in [0.1, 0.15) is 43.1 Å². The second-order valence-electron chi connectivity index (χ2n) is 6.08. The average molecular weight is 301 g/mol. The highest BCUT2D eigenvalue weighted by atomic mass is 16.5. The maximum absolute atomic E-state index is 6.03. The fourth-order valence-corrected chi connectivity index (χ4v) is 2.43. The van der Waals surface area contributed by atoms with Gasteiger partial charge in [-0.15, -0.1) is 0 Å². The van der Waals surface area contributed by atoms with Crippen molar-refractivity contribution < 1.29 is 14.0 Å². The molecule has 0 amide bonds. The average Bonchev–Trinajstić information content (AvgIpc) is 3.45. The summed E-state index contributed by atoms with van der Waals surface area (Å²) in [5, 5.41) is 3.96. The smallest absolute Gasteiger partial charge is 0.252 e. The van der Waals surface area contributed by atoms with Gasteiger partial charge >= 0.3 is 0 Å². The molecular formula is C16H19N3O3. The van der Waals surface area contributed by atoms with Crippen molar-refractivity contribution in [2.45, 2.75) is 38.2 Å². The van der Waals surface area contributed by atoms with Crippen molar-refractivity contribution in [3.8, 4) is 17.3 Å². The van der Waals surface area contributed by atoms with Gasteiger partial charge in [-0.1, -0.05) is 5.16 Å². The number of methoxy groups -OCH3 is 1. The van der Waals surface area contributed by atoms with Gasteiger partial charge in [-0.25, -0.2) is 0 Å². The molecule has 2 saturated carbocycles. The predicted molar refractivity (Wildman–Crippen MR) is 78.4 cm³/mol. The molecule has 0 saturated heterocycles. The summed E-state index contributed by atoms with van der Waals surface area (Å²) < 4.78 is 16.1. The summed E-state index contributed by atoms with van der Waals surface area (Å²) in [6, 6.07) is 1.94. The fraction of sp³-hybridized carbons (Fsp3) is 0.562. The summed E-state index contributed by atoms with van der Waals surface area (Å²) in [4.78, 5) is 8.77. The Morgan fingerprint density at radius 3 is 2.86 bits per heavy atom. The van der Waals surface area contributed by atoms with Gasteiger partial charge in [-0.05, 0) is 37.5 Å². The molecule has 4 rings (SSSR count). The van der Waals surface area contributed by atoms with E-state index in [1.54, 1.807) is 7.11 Å².